The zero-order chi connectivity index (χ0) is 43.9. The van der Waals surface area contributed by atoms with Crippen LogP contribution in [0.1, 0.15) is 84.8 Å². The zero-order valence-electron chi connectivity index (χ0n) is 33.3. The number of benzene rings is 2. The Bertz CT molecular complexity index is 2330. The van der Waals surface area contributed by atoms with Gasteiger partial charge in [-0.3, -0.25) is 9.59 Å². The summed E-state index contributed by atoms with van der Waals surface area (Å²) in [6, 6.07) is 9.76. The fourth-order valence-corrected chi connectivity index (χ4v) is 9.78. The Morgan fingerprint density at radius 2 is 0.967 bits per heavy atom. The van der Waals surface area contributed by atoms with Gasteiger partial charge in [0.1, 0.15) is 22.7 Å². The van der Waals surface area contributed by atoms with E-state index in [-0.39, 0.29) is 74.7 Å². The second-order valence-electron chi connectivity index (χ2n) is 16.0. The number of likely N-dealkylation sites (N-methyl/N-ethyl adjacent to an activating group) is 2. The fourth-order valence-electron chi connectivity index (χ4n) is 8.87. The summed E-state index contributed by atoms with van der Waals surface area (Å²) < 4.78 is 121. The predicted molar refractivity (Wildman–Crippen MR) is 203 cm³/mol. The summed E-state index contributed by atoms with van der Waals surface area (Å²) in [5, 5.41) is 2.07. The Morgan fingerprint density at radius 1 is 0.607 bits per heavy atom. The van der Waals surface area contributed by atoms with E-state index in [9.17, 15) is 44.3 Å². The van der Waals surface area contributed by atoms with Gasteiger partial charge in [-0.15, -0.1) is 10.1 Å². The second-order valence-corrected chi connectivity index (χ2v) is 17.1. The first-order chi connectivity index (χ1) is 28.6. The van der Waals surface area contributed by atoms with Crippen molar-refractivity contribution in [1.82, 2.24) is 39.9 Å². The highest BCUT2D eigenvalue weighted by molar-refractivity contribution is 7.81. The number of carbonyl (C=O) groups excluding carboxylic acids is 2. The molecule has 2 amide bonds. The summed E-state index contributed by atoms with van der Waals surface area (Å²) in [7, 11) is -2.09. The first-order valence-electron chi connectivity index (χ1n) is 19.4. The van der Waals surface area contributed by atoms with E-state index >= 15 is 0 Å². The van der Waals surface area contributed by atoms with Gasteiger partial charge in [-0.25, -0.2) is 19.9 Å². The lowest BCUT2D eigenvalue weighted by molar-refractivity contribution is -0.196. The van der Waals surface area contributed by atoms with Crippen LogP contribution < -0.4 is 0 Å². The lowest BCUT2D eigenvalue weighted by atomic mass is 9.95. The smallest absolute Gasteiger partial charge is 0.344 e. The molecule has 4 atom stereocenters. The van der Waals surface area contributed by atoms with Crippen molar-refractivity contribution in [3.63, 3.8) is 0 Å². The van der Waals surface area contributed by atoms with Crippen LogP contribution in [0.3, 0.4) is 0 Å². The van der Waals surface area contributed by atoms with Crippen LogP contribution >= 0.6 is 0 Å². The molecular formula is C40H40F6N8O6S. The summed E-state index contributed by atoms with van der Waals surface area (Å²) in [5.74, 6) is -0.742. The number of halogens is 6. The lowest BCUT2D eigenvalue weighted by Crippen LogP contribution is -2.54. The number of aromatic nitrogens is 4. The maximum Gasteiger partial charge on any atom is 0.432 e. The molecular weight excluding hydrogens is 835 g/mol. The van der Waals surface area contributed by atoms with Gasteiger partial charge in [-0.2, -0.15) is 43.3 Å². The van der Waals surface area contributed by atoms with Gasteiger partial charge in [-0.1, -0.05) is 24.3 Å². The van der Waals surface area contributed by atoms with Gasteiger partial charge in [0, 0.05) is 49.7 Å². The van der Waals surface area contributed by atoms with Crippen molar-refractivity contribution in [2.24, 2.45) is 0 Å². The molecule has 0 radical (unpaired) electrons. The normalized spacial score (nSPS) is 25.3. The maximum absolute atomic E-state index is 14.4. The molecule has 4 aromatic rings. The maximum atomic E-state index is 14.4. The number of hydroxylamine groups is 4. The summed E-state index contributed by atoms with van der Waals surface area (Å²) in [6.07, 6.45) is -8.24. The van der Waals surface area contributed by atoms with Crippen molar-refractivity contribution in [2.75, 3.05) is 27.2 Å². The molecule has 0 saturated carbocycles. The van der Waals surface area contributed by atoms with Gasteiger partial charge in [-0.05, 0) is 88.8 Å². The molecule has 2 aromatic carbocycles. The molecule has 4 fully saturated rings. The average molecular weight is 875 g/mol. The van der Waals surface area contributed by atoms with E-state index in [0.717, 1.165) is 34.4 Å². The number of carbonyl (C=O) groups is 2. The van der Waals surface area contributed by atoms with Crippen molar-refractivity contribution < 1.29 is 52.9 Å². The topological polar surface area (TPSA) is 151 Å². The van der Waals surface area contributed by atoms with E-state index in [1.165, 1.54) is 34.1 Å². The van der Waals surface area contributed by atoms with E-state index in [4.69, 9.17) is 8.57 Å². The van der Waals surface area contributed by atoms with Crippen LogP contribution in [-0.4, -0.2) is 98.4 Å². The number of hydrogen-bond donors (Lipinski definition) is 0. The number of hydrogen-bond acceptors (Lipinski definition) is 12. The van der Waals surface area contributed by atoms with Crippen LogP contribution in [0.25, 0.3) is 22.5 Å². The summed E-state index contributed by atoms with van der Waals surface area (Å²) >= 11 is 0. The van der Waals surface area contributed by atoms with Crippen LogP contribution in [0.5, 0.6) is 0 Å². The van der Waals surface area contributed by atoms with E-state index < -0.39 is 68.9 Å². The molecule has 6 heterocycles. The van der Waals surface area contributed by atoms with Gasteiger partial charge in [0.05, 0.1) is 34.6 Å². The Morgan fingerprint density at radius 3 is 1.28 bits per heavy atom. The molecule has 4 aliphatic rings. The Hall–Kier alpha value is -5.09. The molecule has 0 aliphatic carbocycles. The number of amides is 2. The molecule has 0 N–H and O–H groups in total. The number of likely N-dealkylation sites (tertiary alicyclic amines) is 2. The molecule has 0 bridgehead atoms. The zero-order valence-corrected chi connectivity index (χ0v) is 34.1. The predicted octanol–water partition coefficient (Wildman–Crippen LogP) is 6.54. The van der Waals surface area contributed by atoms with Crippen molar-refractivity contribution in [3.05, 3.63) is 94.8 Å². The number of rotatable bonds is 8. The van der Waals surface area contributed by atoms with E-state index in [1.807, 2.05) is 0 Å². The third-order valence-electron chi connectivity index (χ3n) is 12.0. The van der Waals surface area contributed by atoms with Gasteiger partial charge >= 0.3 is 22.8 Å². The number of nitrogens with zero attached hydrogens (tertiary/aromatic N) is 8. The van der Waals surface area contributed by atoms with E-state index in [1.54, 1.807) is 40.1 Å². The van der Waals surface area contributed by atoms with Crippen LogP contribution in [0.2, 0.25) is 0 Å². The average Bonchev–Trinajstić information content (AvgIpc) is 3.92. The van der Waals surface area contributed by atoms with Crippen molar-refractivity contribution >= 4 is 22.2 Å². The second kappa shape index (κ2) is 15.1. The van der Waals surface area contributed by atoms with Crippen molar-refractivity contribution in [3.8, 4) is 22.5 Å². The molecule has 324 valence electrons. The minimum absolute atomic E-state index is 0.0522. The molecule has 8 rings (SSSR count). The quantitative estimate of drug-likeness (QED) is 0.177. The van der Waals surface area contributed by atoms with E-state index in [2.05, 4.69) is 19.9 Å². The lowest BCUT2D eigenvalue weighted by Gasteiger charge is -2.36. The van der Waals surface area contributed by atoms with Crippen LogP contribution in [0.4, 0.5) is 26.3 Å². The highest BCUT2D eigenvalue weighted by Gasteiger charge is 2.62. The highest BCUT2D eigenvalue weighted by Crippen LogP contribution is 2.51. The minimum Gasteiger partial charge on any atom is -0.344 e. The number of alkyl halides is 6. The molecule has 21 heteroatoms. The first-order valence-corrected chi connectivity index (χ1v) is 20.7. The number of aryl methyl sites for hydroxylation is 2. The summed E-state index contributed by atoms with van der Waals surface area (Å²) in [5.41, 5.74) is -2.70. The van der Waals surface area contributed by atoms with Crippen LogP contribution in [0, 0.1) is 13.8 Å². The third kappa shape index (κ3) is 7.74. The van der Waals surface area contributed by atoms with Gasteiger partial charge < -0.3 is 9.80 Å². The first kappa shape index (κ1) is 42.6. The van der Waals surface area contributed by atoms with Crippen LogP contribution in [0.15, 0.2) is 60.7 Å². The van der Waals surface area contributed by atoms with Crippen molar-refractivity contribution in [1.29, 1.82) is 0 Å². The molecule has 4 saturated heterocycles. The van der Waals surface area contributed by atoms with Gasteiger partial charge in [0.2, 0.25) is 11.8 Å². The monoisotopic (exact) mass is 874 g/mol. The summed E-state index contributed by atoms with van der Waals surface area (Å²) in [6.45, 7) is 3.81. The largest absolute Gasteiger partial charge is 0.432 e. The molecule has 2 aromatic heterocycles. The molecule has 61 heavy (non-hydrogen) atoms. The molecule has 2 spiro atoms. The van der Waals surface area contributed by atoms with Gasteiger partial charge in [0.25, 0.3) is 0 Å². The Labute approximate surface area is 346 Å². The van der Waals surface area contributed by atoms with Crippen molar-refractivity contribution in [2.45, 2.75) is 87.9 Å². The SMILES string of the molecule is Cc1cc(-c2ccc(C(F)(F)F)cc2)nc([C@H]2CC[C@@]3(CCN(C)C3=O)N2OS(=O)(=O)ON2[C@@H](c3nc(C)cc(-c4ccc(C(F)(F)F)cc4)n3)CC[C@@]23CCN(C)C3=O)n1. The molecule has 4 aliphatic heterocycles. The van der Waals surface area contributed by atoms with Gasteiger partial charge in [0.15, 0.2) is 0 Å². The Balaban J connectivity index is 1.15. The third-order valence-corrected chi connectivity index (χ3v) is 12.7. The van der Waals surface area contributed by atoms with Crippen LogP contribution in [-0.2, 0) is 40.9 Å². The standard InChI is InChI=1S/C40H40F6N8O6S/c1-23-21-29(25-5-9-27(10-6-25)39(41,42)43)49-33(47-23)31-13-15-37(17-19-51(3)35(37)55)53(31)59-61(57,58)60-54-32(14-16-38(54)18-20-52(4)36(38)56)34-48-24(2)22-30(50-34)26-7-11-28(12-8-26)40(44,45)46/h5-12,21-22,31-32H,13-20H2,1-4H3/t31-,32-,37+,38+/m1/s1. The Kier molecular flexibility index (Phi) is 10.5. The minimum atomic E-state index is -5.24. The highest BCUT2D eigenvalue weighted by atomic mass is 32.3. The van der Waals surface area contributed by atoms with E-state index in [0.29, 0.717) is 22.5 Å². The summed E-state index contributed by atoms with van der Waals surface area (Å²) in [4.78, 5) is 49.1. The molecule has 0 unspecified atom stereocenters. The fraction of sp³-hybridized carbons (Fsp3) is 0.450. The molecule has 14 nitrogen and oxygen atoms in total.